The van der Waals surface area contributed by atoms with Crippen LogP contribution in [0.25, 0.3) is 10.1 Å². The number of amides is 1. The maximum absolute atomic E-state index is 12.4. The Bertz CT molecular complexity index is 651. The lowest BCUT2D eigenvalue weighted by Crippen LogP contribution is -2.27. The number of carbonyl (C=O) groups is 1. The van der Waals surface area contributed by atoms with Crippen molar-refractivity contribution in [3.63, 3.8) is 0 Å². The van der Waals surface area contributed by atoms with E-state index in [0.717, 1.165) is 22.9 Å². The summed E-state index contributed by atoms with van der Waals surface area (Å²) in [6, 6.07) is 5.58. The average Bonchev–Trinajstić information content (AvgIpc) is 2.76. The van der Waals surface area contributed by atoms with E-state index < -0.39 is 0 Å². The van der Waals surface area contributed by atoms with E-state index in [1.54, 1.807) is 18.0 Å². The van der Waals surface area contributed by atoms with E-state index in [1.165, 1.54) is 11.3 Å². The van der Waals surface area contributed by atoms with Gasteiger partial charge >= 0.3 is 0 Å². The van der Waals surface area contributed by atoms with E-state index in [-0.39, 0.29) is 5.91 Å². The molecule has 2 rings (SSSR count). The molecule has 0 saturated heterocycles. The monoisotopic (exact) mass is 308 g/mol. The zero-order chi connectivity index (χ0) is 14.7. The molecule has 1 aromatic heterocycles. The zero-order valence-electron chi connectivity index (χ0n) is 11.4. The third kappa shape index (κ3) is 2.81. The molecule has 0 radical (unpaired) electrons. The van der Waals surface area contributed by atoms with E-state index in [4.69, 9.17) is 17.3 Å². The van der Waals surface area contributed by atoms with Crippen molar-refractivity contribution in [1.82, 2.24) is 4.90 Å². The van der Waals surface area contributed by atoms with Crippen molar-refractivity contribution < 1.29 is 4.79 Å². The molecule has 1 aromatic carbocycles. The number of carbonyl (C=O) groups excluding carboxylic acids is 1. The molecule has 0 unspecified atom stereocenters. The van der Waals surface area contributed by atoms with Gasteiger partial charge in [-0.2, -0.15) is 0 Å². The number of fused-ring (bicyclic) bond motifs is 1. The standard InChI is InChI=1S/C15H17ClN2OS/c1-3-4-5-9-18(2)15(19)14-13(17)12-10(16)7-6-8-11(12)20-14/h3,6-8H,1,4-5,9,17H2,2H3. The lowest BCUT2D eigenvalue weighted by atomic mass is 10.2. The van der Waals surface area contributed by atoms with E-state index >= 15 is 0 Å². The number of anilines is 1. The highest BCUT2D eigenvalue weighted by molar-refractivity contribution is 7.21. The van der Waals surface area contributed by atoms with Gasteiger partial charge < -0.3 is 10.6 Å². The van der Waals surface area contributed by atoms with Crippen molar-refractivity contribution in [3.8, 4) is 0 Å². The second-order valence-electron chi connectivity index (χ2n) is 4.62. The summed E-state index contributed by atoms with van der Waals surface area (Å²) in [6.45, 7) is 4.36. The number of hydrogen-bond acceptors (Lipinski definition) is 3. The predicted octanol–water partition coefficient (Wildman–Crippen LogP) is 4.18. The van der Waals surface area contributed by atoms with Crippen molar-refractivity contribution in [2.75, 3.05) is 19.3 Å². The summed E-state index contributed by atoms with van der Waals surface area (Å²) in [6.07, 6.45) is 3.65. The van der Waals surface area contributed by atoms with Crippen molar-refractivity contribution in [3.05, 3.63) is 40.8 Å². The second kappa shape index (κ2) is 6.29. The Labute approximate surface area is 127 Å². The van der Waals surface area contributed by atoms with E-state index in [2.05, 4.69) is 6.58 Å². The molecule has 1 heterocycles. The van der Waals surface area contributed by atoms with Gasteiger partial charge in [0.15, 0.2) is 0 Å². The van der Waals surface area contributed by atoms with Crippen molar-refractivity contribution in [2.24, 2.45) is 0 Å². The van der Waals surface area contributed by atoms with Crippen LogP contribution in [0.4, 0.5) is 5.69 Å². The largest absolute Gasteiger partial charge is 0.397 e. The number of benzene rings is 1. The minimum Gasteiger partial charge on any atom is -0.397 e. The molecule has 0 aliphatic carbocycles. The molecule has 2 aromatic rings. The number of halogens is 1. The first-order valence-corrected chi connectivity index (χ1v) is 7.58. The quantitative estimate of drug-likeness (QED) is 0.665. The molecule has 0 spiro atoms. The first-order valence-electron chi connectivity index (χ1n) is 6.39. The molecule has 0 fully saturated rings. The fourth-order valence-electron chi connectivity index (χ4n) is 2.04. The number of hydrogen-bond donors (Lipinski definition) is 1. The number of rotatable bonds is 5. The van der Waals surface area contributed by atoms with E-state index in [0.29, 0.717) is 22.1 Å². The highest BCUT2D eigenvalue weighted by atomic mass is 35.5. The highest BCUT2D eigenvalue weighted by Crippen LogP contribution is 2.38. The molecule has 1 amide bonds. The Morgan fingerprint density at radius 2 is 2.30 bits per heavy atom. The number of thiophene rings is 1. The molecular weight excluding hydrogens is 292 g/mol. The molecule has 0 aliphatic rings. The minimum atomic E-state index is -0.0520. The van der Waals surface area contributed by atoms with Crippen LogP contribution in [-0.4, -0.2) is 24.4 Å². The number of unbranched alkanes of at least 4 members (excludes halogenated alkanes) is 1. The zero-order valence-corrected chi connectivity index (χ0v) is 12.9. The molecular formula is C15H17ClN2OS. The van der Waals surface area contributed by atoms with Crippen LogP contribution in [0.15, 0.2) is 30.9 Å². The van der Waals surface area contributed by atoms with Crippen LogP contribution in [0, 0.1) is 0 Å². The number of nitrogens with zero attached hydrogens (tertiary/aromatic N) is 1. The molecule has 3 nitrogen and oxygen atoms in total. The summed E-state index contributed by atoms with van der Waals surface area (Å²) in [4.78, 5) is 14.7. The second-order valence-corrected chi connectivity index (χ2v) is 6.07. The maximum Gasteiger partial charge on any atom is 0.265 e. The molecule has 106 valence electrons. The summed E-state index contributed by atoms with van der Waals surface area (Å²) in [5.41, 5.74) is 6.58. The molecule has 0 aliphatic heterocycles. The number of nitrogen functional groups attached to an aromatic ring is 1. The smallest absolute Gasteiger partial charge is 0.265 e. The van der Waals surface area contributed by atoms with Crippen LogP contribution >= 0.6 is 22.9 Å². The first kappa shape index (κ1) is 14.9. The van der Waals surface area contributed by atoms with Crippen LogP contribution in [-0.2, 0) is 0 Å². The third-order valence-corrected chi connectivity index (χ3v) is 4.62. The van der Waals surface area contributed by atoms with Gasteiger partial charge in [0.2, 0.25) is 0 Å². The molecule has 0 saturated carbocycles. The summed E-state index contributed by atoms with van der Waals surface area (Å²) in [7, 11) is 1.79. The Hall–Kier alpha value is -1.52. The SMILES string of the molecule is C=CCCCN(C)C(=O)c1sc2cccc(Cl)c2c1N. The van der Waals surface area contributed by atoms with Gasteiger partial charge in [0.05, 0.1) is 10.7 Å². The normalized spacial score (nSPS) is 10.7. The first-order chi connectivity index (χ1) is 9.56. The lowest BCUT2D eigenvalue weighted by Gasteiger charge is -2.16. The summed E-state index contributed by atoms with van der Waals surface area (Å²) < 4.78 is 0.942. The van der Waals surface area contributed by atoms with Gasteiger partial charge in [-0.05, 0) is 25.0 Å². The Balaban J connectivity index is 2.28. The van der Waals surface area contributed by atoms with Gasteiger partial charge in [0.25, 0.3) is 5.91 Å². The number of allylic oxidation sites excluding steroid dienone is 1. The summed E-state index contributed by atoms with van der Waals surface area (Å²) >= 11 is 7.55. The van der Waals surface area contributed by atoms with Gasteiger partial charge in [-0.25, -0.2) is 0 Å². The minimum absolute atomic E-state index is 0.0520. The van der Waals surface area contributed by atoms with Gasteiger partial charge in [0, 0.05) is 23.7 Å². The van der Waals surface area contributed by atoms with Crippen LogP contribution in [0.2, 0.25) is 5.02 Å². The fraction of sp³-hybridized carbons (Fsp3) is 0.267. The summed E-state index contributed by atoms with van der Waals surface area (Å²) in [5.74, 6) is -0.0520. The Morgan fingerprint density at radius 3 is 2.95 bits per heavy atom. The van der Waals surface area contributed by atoms with Crippen molar-refractivity contribution >= 4 is 44.6 Å². The van der Waals surface area contributed by atoms with E-state index in [1.807, 2.05) is 18.2 Å². The molecule has 20 heavy (non-hydrogen) atoms. The van der Waals surface area contributed by atoms with Crippen LogP contribution in [0.1, 0.15) is 22.5 Å². The number of nitrogens with two attached hydrogens (primary N) is 1. The predicted molar refractivity (Wildman–Crippen MR) is 87.6 cm³/mol. The van der Waals surface area contributed by atoms with Crippen molar-refractivity contribution in [2.45, 2.75) is 12.8 Å². The summed E-state index contributed by atoms with van der Waals surface area (Å²) in [5, 5.41) is 1.37. The van der Waals surface area contributed by atoms with Crippen LogP contribution in [0.3, 0.4) is 0 Å². The molecule has 0 atom stereocenters. The molecule has 0 bridgehead atoms. The fourth-order valence-corrected chi connectivity index (χ4v) is 3.51. The average molecular weight is 309 g/mol. The van der Waals surface area contributed by atoms with Gasteiger partial charge in [-0.3, -0.25) is 4.79 Å². The Kier molecular flexibility index (Phi) is 4.68. The Morgan fingerprint density at radius 1 is 1.55 bits per heavy atom. The highest BCUT2D eigenvalue weighted by Gasteiger charge is 2.20. The maximum atomic E-state index is 12.4. The van der Waals surface area contributed by atoms with Crippen LogP contribution < -0.4 is 5.73 Å². The topological polar surface area (TPSA) is 46.3 Å². The van der Waals surface area contributed by atoms with Crippen LogP contribution in [0.5, 0.6) is 0 Å². The van der Waals surface area contributed by atoms with E-state index in [9.17, 15) is 4.79 Å². The molecule has 2 N–H and O–H groups in total. The lowest BCUT2D eigenvalue weighted by molar-refractivity contribution is 0.0799. The van der Waals surface area contributed by atoms with Gasteiger partial charge in [-0.1, -0.05) is 23.7 Å². The van der Waals surface area contributed by atoms with Crippen molar-refractivity contribution in [1.29, 1.82) is 0 Å². The molecule has 5 heteroatoms. The third-order valence-electron chi connectivity index (χ3n) is 3.14. The van der Waals surface area contributed by atoms with Gasteiger partial charge in [0.1, 0.15) is 4.88 Å². The van der Waals surface area contributed by atoms with Gasteiger partial charge in [-0.15, -0.1) is 17.9 Å².